The third kappa shape index (κ3) is 1.74. The summed E-state index contributed by atoms with van der Waals surface area (Å²) < 4.78 is 4.62. The lowest BCUT2D eigenvalue weighted by Crippen LogP contribution is -2.32. The van der Waals surface area contributed by atoms with E-state index in [2.05, 4.69) is 10.1 Å². The number of thiophene rings is 1. The predicted molar refractivity (Wildman–Crippen MR) is 56.6 cm³/mol. The molecular formula is C10H11NO3S. The molecule has 4 nitrogen and oxygen atoms in total. The van der Waals surface area contributed by atoms with Gasteiger partial charge in [0.15, 0.2) is 0 Å². The van der Waals surface area contributed by atoms with Gasteiger partial charge < -0.3 is 10.1 Å². The molecule has 1 aliphatic rings. The molecule has 1 amide bonds. The second kappa shape index (κ2) is 3.66. The summed E-state index contributed by atoms with van der Waals surface area (Å²) in [5, 5.41) is 5.35. The van der Waals surface area contributed by atoms with Gasteiger partial charge in [0.25, 0.3) is 0 Å². The van der Waals surface area contributed by atoms with Crippen LogP contribution in [0.25, 0.3) is 0 Å². The first-order valence-electron chi connectivity index (χ1n) is 4.62. The van der Waals surface area contributed by atoms with Crippen molar-refractivity contribution >= 4 is 28.2 Å². The number of anilines is 1. The zero-order valence-corrected chi connectivity index (χ0v) is 9.10. The molecule has 1 N–H and O–H groups in total. The largest absolute Gasteiger partial charge is 0.468 e. The van der Waals surface area contributed by atoms with Gasteiger partial charge in [0.1, 0.15) is 5.41 Å². The molecule has 0 aliphatic heterocycles. The van der Waals surface area contributed by atoms with Crippen LogP contribution in [0, 0.1) is 5.41 Å². The zero-order chi connectivity index (χ0) is 10.9. The topological polar surface area (TPSA) is 55.4 Å². The fourth-order valence-electron chi connectivity index (χ4n) is 1.43. The van der Waals surface area contributed by atoms with Crippen molar-refractivity contribution < 1.29 is 14.3 Å². The predicted octanol–water partition coefficient (Wildman–Crippen LogP) is 1.64. The van der Waals surface area contributed by atoms with Crippen LogP contribution in [0.1, 0.15) is 12.8 Å². The maximum Gasteiger partial charge on any atom is 0.321 e. The van der Waals surface area contributed by atoms with Gasteiger partial charge >= 0.3 is 5.97 Å². The van der Waals surface area contributed by atoms with Crippen LogP contribution < -0.4 is 5.32 Å². The minimum Gasteiger partial charge on any atom is -0.468 e. The highest BCUT2D eigenvalue weighted by Gasteiger charge is 2.57. The van der Waals surface area contributed by atoms with Crippen molar-refractivity contribution in [1.82, 2.24) is 0 Å². The van der Waals surface area contributed by atoms with E-state index in [0.717, 1.165) is 5.00 Å². The minimum absolute atomic E-state index is 0.253. The highest BCUT2D eigenvalue weighted by molar-refractivity contribution is 7.14. The van der Waals surface area contributed by atoms with Crippen LogP contribution in [0.4, 0.5) is 5.00 Å². The average Bonchev–Trinajstić information content (AvgIpc) is 2.91. The summed E-state index contributed by atoms with van der Waals surface area (Å²) in [6.07, 6.45) is 1.16. The van der Waals surface area contributed by atoms with Crippen molar-refractivity contribution in [2.75, 3.05) is 12.4 Å². The van der Waals surface area contributed by atoms with Gasteiger partial charge in [-0.05, 0) is 30.4 Å². The summed E-state index contributed by atoms with van der Waals surface area (Å²) in [7, 11) is 1.31. The van der Waals surface area contributed by atoms with Gasteiger partial charge in [0.2, 0.25) is 5.91 Å². The number of methoxy groups -OCH3 is 1. The molecule has 1 saturated carbocycles. The lowest BCUT2D eigenvalue weighted by Gasteiger charge is -2.11. The first-order chi connectivity index (χ1) is 7.19. The van der Waals surface area contributed by atoms with E-state index in [4.69, 9.17) is 0 Å². The summed E-state index contributed by atoms with van der Waals surface area (Å²) in [5.41, 5.74) is -0.918. The summed E-state index contributed by atoms with van der Waals surface area (Å²) >= 11 is 1.43. The van der Waals surface area contributed by atoms with Crippen molar-refractivity contribution in [1.29, 1.82) is 0 Å². The van der Waals surface area contributed by atoms with E-state index in [9.17, 15) is 9.59 Å². The van der Waals surface area contributed by atoms with Gasteiger partial charge in [-0.2, -0.15) is 0 Å². The smallest absolute Gasteiger partial charge is 0.321 e. The van der Waals surface area contributed by atoms with Crippen LogP contribution in [-0.2, 0) is 14.3 Å². The van der Waals surface area contributed by atoms with Crippen LogP contribution in [0.15, 0.2) is 17.5 Å². The standard InChI is InChI=1S/C10H11NO3S/c1-14-9(13)10(4-5-10)8(12)11-7-3-2-6-15-7/h2-3,6H,4-5H2,1H3,(H,11,12). The number of ether oxygens (including phenoxy) is 1. The molecule has 1 aromatic heterocycles. The molecule has 80 valence electrons. The molecule has 1 fully saturated rings. The van der Waals surface area contributed by atoms with Crippen molar-refractivity contribution in [3.05, 3.63) is 17.5 Å². The van der Waals surface area contributed by atoms with Crippen LogP contribution in [0.5, 0.6) is 0 Å². The first kappa shape index (κ1) is 10.2. The van der Waals surface area contributed by atoms with Crippen molar-refractivity contribution in [2.45, 2.75) is 12.8 Å². The molecule has 1 heterocycles. The van der Waals surface area contributed by atoms with Gasteiger partial charge in [0.05, 0.1) is 12.1 Å². The number of amides is 1. The Labute approximate surface area is 91.2 Å². The second-order valence-corrected chi connectivity index (χ2v) is 4.45. The van der Waals surface area contributed by atoms with Gasteiger partial charge in [0, 0.05) is 0 Å². The molecule has 0 saturated heterocycles. The van der Waals surface area contributed by atoms with E-state index in [1.807, 2.05) is 11.4 Å². The van der Waals surface area contributed by atoms with Gasteiger partial charge in [-0.1, -0.05) is 0 Å². The quantitative estimate of drug-likeness (QED) is 0.628. The molecule has 15 heavy (non-hydrogen) atoms. The summed E-state index contributed by atoms with van der Waals surface area (Å²) in [6.45, 7) is 0. The van der Waals surface area contributed by atoms with Gasteiger partial charge in [-0.25, -0.2) is 0 Å². The van der Waals surface area contributed by atoms with E-state index < -0.39 is 11.4 Å². The van der Waals surface area contributed by atoms with Crippen LogP contribution >= 0.6 is 11.3 Å². The fraction of sp³-hybridized carbons (Fsp3) is 0.400. The molecular weight excluding hydrogens is 214 g/mol. The molecule has 1 aliphatic carbocycles. The SMILES string of the molecule is COC(=O)C1(C(=O)Nc2cccs2)CC1. The molecule has 0 bridgehead atoms. The number of esters is 1. The van der Waals surface area contributed by atoms with E-state index in [-0.39, 0.29) is 5.91 Å². The first-order valence-corrected chi connectivity index (χ1v) is 5.50. The third-order valence-electron chi connectivity index (χ3n) is 2.52. The van der Waals surface area contributed by atoms with Gasteiger partial charge in [-0.15, -0.1) is 11.3 Å². The normalized spacial score (nSPS) is 16.9. The second-order valence-electron chi connectivity index (χ2n) is 3.51. The van der Waals surface area contributed by atoms with Crippen molar-refractivity contribution in [2.24, 2.45) is 5.41 Å². The highest BCUT2D eigenvalue weighted by atomic mass is 32.1. The van der Waals surface area contributed by atoms with Gasteiger partial charge in [-0.3, -0.25) is 9.59 Å². The monoisotopic (exact) mass is 225 g/mol. The minimum atomic E-state index is -0.918. The van der Waals surface area contributed by atoms with Crippen molar-refractivity contribution in [3.63, 3.8) is 0 Å². The Morgan fingerprint density at radius 1 is 1.53 bits per heavy atom. The third-order valence-corrected chi connectivity index (χ3v) is 3.30. The molecule has 0 radical (unpaired) electrons. The van der Waals surface area contributed by atoms with E-state index in [0.29, 0.717) is 12.8 Å². The highest BCUT2D eigenvalue weighted by Crippen LogP contribution is 2.47. The van der Waals surface area contributed by atoms with E-state index in [1.165, 1.54) is 18.4 Å². The lowest BCUT2D eigenvalue weighted by atomic mass is 10.1. The summed E-state index contributed by atoms with van der Waals surface area (Å²) in [5.74, 6) is -0.687. The molecule has 0 aromatic carbocycles. The number of hydrogen-bond donors (Lipinski definition) is 1. The fourth-order valence-corrected chi connectivity index (χ4v) is 2.04. The average molecular weight is 225 g/mol. The zero-order valence-electron chi connectivity index (χ0n) is 8.28. The number of nitrogens with one attached hydrogen (secondary N) is 1. The Bertz CT molecular complexity index is 381. The van der Waals surface area contributed by atoms with Crippen LogP contribution in [0.3, 0.4) is 0 Å². The maximum atomic E-state index is 11.8. The molecule has 0 unspecified atom stereocenters. The molecule has 0 spiro atoms. The Kier molecular flexibility index (Phi) is 2.48. The number of carbonyl (C=O) groups excluding carboxylic acids is 2. The number of carbonyl (C=O) groups is 2. The Balaban J connectivity index is 2.06. The molecule has 1 aromatic rings. The number of rotatable bonds is 3. The Morgan fingerprint density at radius 2 is 2.27 bits per heavy atom. The molecule has 0 atom stereocenters. The summed E-state index contributed by atoms with van der Waals surface area (Å²) in [6, 6.07) is 3.65. The molecule has 2 rings (SSSR count). The van der Waals surface area contributed by atoms with Crippen molar-refractivity contribution in [3.8, 4) is 0 Å². The number of hydrogen-bond acceptors (Lipinski definition) is 4. The van der Waals surface area contributed by atoms with Crippen LogP contribution in [-0.4, -0.2) is 19.0 Å². The van der Waals surface area contributed by atoms with Crippen LogP contribution in [0.2, 0.25) is 0 Å². The lowest BCUT2D eigenvalue weighted by molar-refractivity contribution is -0.150. The maximum absolute atomic E-state index is 11.8. The summed E-state index contributed by atoms with van der Waals surface area (Å²) in [4.78, 5) is 23.2. The Hall–Kier alpha value is -1.36. The van der Waals surface area contributed by atoms with E-state index >= 15 is 0 Å². The van der Waals surface area contributed by atoms with E-state index in [1.54, 1.807) is 6.07 Å². The molecule has 5 heteroatoms. The Morgan fingerprint density at radius 3 is 2.73 bits per heavy atom.